The third kappa shape index (κ3) is 1.63. The van der Waals surface area contributed by atoms with Crippen LogP contribution in [0.3, 0.4) is 0 Å². The van der Waals surface area contributed by atoms with Gasteiger partial charge in [0.15, 0.2) is 0 Å². The van der Waals surface area contributed by atoms with E-state index >= 15 is 0 Å². The van der Waals surface area contributed by atoms with E-state index in [1.165, 1.54) is 0 Å². The molecule has 0 radical (unpaired) electrons. The van der Waals surface area contributed by atoms with E-state index in [0.29, 0.717) is 6.42 Å². The Morgan fingerprint density at radius 3 is 3.29 bits per heavy atom. The highest BCUT2D eigenvalue weighted by Crippen LogP contribution is 2.23. The summed E-state index contributed by atoms with van der Waals surface area (Å²) < 4.78 is 1.08. The number of hydrogen-bond donors (Lipinski definition) is 1. The smallest absolute Gasteiger partial charge is 0.0914 e. The third-order valence-corrected chi connectivity index (χ3v) is 2.87. The van der Waals surface area contributed by atoms with Gasteiger partial charge in [-0.2, -0.15) is 0 Å². The molecule has 0 aliphatic carbocycles. The van der Waals surface area contributed by atoms with Gasteiger partial charge in [-0.3, -0.25) is 4.98 Å². The zero-order valence-corrected chi connectivity index (χ0v) is 8.29. The van der Waals surface area contributed by atoms with Crippen molar-refractivity contribution in [2.75, 3.05) is 0 Å². The van der Waals surface area contributed by atoms with Crippen LogP contribution in [0.4, 0.5) is 0 Å². The van der Waals surface area contributed by atoms with Gasteiger partial charge in [0.25, 0.3) is 0 Å². The molecule has 0 saturated heterocycles. The topological polar surface area (TPSA) is 33.1 Å². The second-order valence-corrected chi connectivity index (χ2v) is 3.94. The normalized spacial score (nSPS) is 12.6. The standard InChI is InChI=1S/C11H9NOS/c1-2-3-10(13)8-6-11-9(12-7-8)4-5-14-11/h1,4-7,10,13H,3H2. The van der Waals surface area contributed by atoms with Gasteiger partial charge in [0, 0.05) is 18.2 Å². The maximum Gasteiger partial charge on any atom is 0.0914 e. The highest BCUT2D eigenvalue weighted by atomic mass is 32.1. The molecule has 0 spiro atoms. The minimum absolute atomic E-state index is 0.332. The fourth-order valence-electron chi connectivity index (χ4n) is 1.27. The lowest BCUT2D eigenvalue weighted by atomic mass is 10.1. The van der Waals surface area contributed by atoms with Crippen LogP contribution in [0.1, 0.15) is 18.1 Å². The second kappa shape index (κ2) is 3.79. The fraction of sp³-hybridized carbons (Fsp3) is 0.182. The molecule has 2 aromatic rings. The van der Waals surface area contributed by atoms with Crippen molar-refractivity contribution in [3.05, 3.63) is 29.3 Å². The van der Waals surface area contributed by atoms with E-state index < -0.39 is 6.10 Å². The van der Waals surface area contributed by atoms with Crippen LogP contribution in [0, 0.1) is 12.3 Å². The summed E-state index contributed by atoms with van der Waals surface area (Å²) in [4.78, 5) is 4.23. The van der Waals surface area contributed by atoms with Gasteiger partial charge < -0.3 is 5.11 Å². The van der Waals surface area contributed by atoms with Gasteiger partial charge in [0.2, 0.25) is 0 Å². The van der Waals surface area contributed by atoms with Crippen LogP contribution in [-0.2, 0) is 0 Å². The van der Waals surface area contributed by atoms with E-state index in [0.717, 1.165) is 15.8 Å². The fourth-order valence-corrected chi connectivity index (χ4v) is 2.06. The Morgan fingerprint density at radius 1 is 1.64 bits per heavy atom. The Hall–Kier alpha value is -1.37. The molecule has 0 aromatic carbocycles. The molecule has 0 aliphatic heterocycles. The molecule has 0 saturated carbocycles. The number of aromatic nitrogens is 1. The number of nitrogens with zero attached hydrogens (tertiary/aromatic N) is 1. The van der Waals surface area contributed by atoms with E-state index in [4.69, 9.17) is 6.42 Å². The van der Waals surface area contributed by atoms with E-state index in [2.05, 4.69) is 10.9 Å². The third-order valence-electron chi connectivity index (χ3n) is 2.02. The summed E-state index contributed by atoms with van der Waals surface area (Å²) in [5.74, 6) is 2.43. The van der Waals surface area contributed by atoms with Crippen LogP contribution in [0.25, 0.3) is 10.2 Å². The first-order valence-corrected chi connectivity index (χ1v) is 5.14. The first-order chi connectivity index (χ1) is 6.81. The predicted molar refractivity (Wildman–Crippen MR) is 58.0 cm³/mol. The number of aliphatic hydroxyl groups excluding tert-OH is 1. The number of aliphatic hydroxyl groups is 1. The Labute approximate surface area is 86.2 Å². The summed E-state index contributed by atoms with van der Waals surface area (Å²) in [6.07, 6.45) is 6.54. The Bertz CT molecular complexity index is 483. The SMILES string of the molecule is C#CCC(O)c1cnc2ccsc2c1. The van der Waals surface area contributed by atoms with Gasteiger partial charge in [-0.1, -0.05) is 0 Å². The van der Waals surface area contributed by atoms with Gasteiger partial charge in [-0.15, -0.1) is 23.7 Å². The second-order valence-electron chi connectivity index (χ2n) is 3.00. The van der Waals surface area contributed by atoms with E-state index in [9.17, 15) is 5.11 Å². The van der Waals surface area contributed by atoms with Crippen molar-refractivity contribution in [2.45, 2.75) is 12.5 Å². The average molecular weight is 203 g/mol. The molecule has 2 aromatic heterocycles. The average Bonchev–Trinajstić information content (AvgIpc) is 2.64. The zero-order chi connectivity index (χ0) is 9.97. The molecular formula is C11H9NOS. The summed E-state index contributed by atoms with van der Waals surface area (Å²) >= 11 is 1.61. The Balaban J connectivity index is 2.39. The van der Waals surface area contributed by atoms with Crippen LogP contribution >= 0.6 is 11.3 Å². The van der Waals surface area contributed by atoms with Crippen LogP contribution in [0.2, 0.25) is 0 Å². The van der Waals surface area contributed by atoms with Gasteiger partial charge in [-0.25, -0.2) is 0 Å². The Kier molecular flexibility index (Phi) is 2.49. The predicted octanol–water partition coefficient (Wildman–Crippen LogP) is 2.35. The summed E-state index contributed by atoms with van der Waals surface area (Å²) in [5.41, 5.74) is 1.75. The molecule has 14 heavy (non-hydrogen) atoms. The monoisotopic (exact) mass is 203 g/mol. The summed E-state index contributed by atoms with van der Waals surface area (Å²) in [6, 6.07) is 3.90. The molecule has 1 atom stereocenters. The number of hydrogen-bond acceptors (Lipinski definition) is 3. The van der Waals surface area contributed by atoms with Gasteiger partial charge in [-0.05, 0) is 17.5 Å². The van der Waals surface area contributed by atoms with Crippen molar-refractivity contribution >= 4 is 21.6 Å². The van der Waals surface area contributed by atoms with Crippen molar-refractivity contribution in [1.82, 2.24) is 4.98 Å². The number of fused-ring (bicyclic) bond motifs is 1. The first-order valence-electron chi connectivity index (χ1n) is 4.26. The molecular weight excluding hydrogens is 194 g/mol. The zero-order valence-electron chi connectivity index (χ0n) is 7.47. The van der Waals surface area contributed by atoms with Crippen molar-refractivity contribution in [1.29, 1.82) is 0 Å². The van der Waals surface area contributed by atoms with Gasteiger partial charge in [0.05, 0.1) is 16.3 Å². The molecule has 70 valence electrons. The van der Waals surface area contributed by atoms with Crippen LogP contribution in [0.5, 0.6) is 0 Å². The van der Waals surface area contributed by atoms with Gasteiger partial charge >= 0.3 is 0 Å². The van der Waals surface area contributed by atoms with E-state index in [1.807, 2.05) is 17.5 Å². The Morgan fingerprint density at radius 2 is 2.50 bits per heavy atom. The molecule has 0 bridgehead atoms. The lowest BCUT2D eigenvalue weighted by Gasteiger charge is -2.06. The van der Waals surface area contributed by atoms with Crippen molar-refractivity contribution in [2.24, 2.45) is 0 Å². The largest absolute Gasteiger partial charge is 0.387 e. The molecule has 2 nitrogen and oxygen atoms in total. The molecule has 3 heteroatoms. The lowest BCUT2D eigenvalue weighted by Crippen LogP contribution is -1.96. The van der Waals surface area contributed by atoms with E-state index in [-0.39, 0.29) is 0 Å². The van der Waals surface area contributed by atoms with Crippen molar-refractivity contribution < 1.29 is 5.11 Å². The summed E-state index contributed by atoms with van der Waals surface area (Å²) in [6.45, 7) is 0. The molecule has 0 aliphatic rings. The molecule has 0 fully saturated rings. The maximum absolute atomic E-state index is 9.64. The number of terminal acetylenes is 1. The maximum atomic E-state index is 9.64. The minimum Gasteiger partial charge on any atom is -0.387 e. The molecule has 0 amide bonds. The van der Waals surface area contributed by atoms with Crippen LogP contribution < -0.4 is 0 Å². The van der Waals surface area contributed by atoms with Crippen LogP contribution in [0.15, 0.2) is 23.7 Å². The quantitative estimate of drug-likeness (QED) is 0.760. The van der Waals surface area contributed by atoms with Crippen LogP contribution in [-0.4, -0.2) is 10.1 Å². The molecule has 1 unspecified atom stereocenters. The van der Waals surface area contributed by atoms with Crippen molar-refractivity contribution in [3.8, 4) is 12.3 Å². The number of pyridine rings is 1. The highest BCUT2D eigenvalue weighted by molar-refractivity contribution is 7.17. The summed E-state index contributed by atoms with van der Waals surface area (Å²) in [7, 11) is 0. The molecule has 2 rings (SSSR count). The molecule has 2 heterocycles. The number of rotatable bonds is 2. The summed E-state index contributed by atoms with van der Waals surface area (Å²) in [5, 5.41) is 11.6. The molecule has 1 N–H and O–H groups in total. The first kappa shape index (κ1) is 9.20. The van der Waals surface area contributed by atoms with Crippen molar-refractivity contribution in [3.63, 3.8) is 0 Å². The van der Waals surface area contributed by atoms with E-state index in [1.54, 1.807) is 17.5 Å². The minimum atomic E-state index is -0.598. The number of thiophene rings is 1. The lowest BCUT2D eigenvalue weighted by molar-refractivity contribution is 0.184. The van der Waals surface area contributed by atoms with Gasteiger partial charge in [0.1, 0.15) is 0 Å². The highest BCUT2D eigenvalue weighted by Gasteiger charge is 2.07.